The largest absolute Gasteiger partial charge is 0.463 e. The van der Waals surface area contributed by atoms with Gasteiger partial charge >= 0.3 is 5.97 Å². The molecule has 5 rings (SSSR count). The van der Waals surface area contributed by atoms with Crippen molar-refractivity contribution in [3.05, 3.63) is 140 Å². The SMILES string of the molecule is CCOC(=O)C1=C(Nc2ccccc2)CC(c2ccc(Cl)cc2Cl)N(c2ccccc2)C1c1ccc(Cl)cc1Cl. The molecule has 2 atom stereocenters. The van der Waals surface area contributed by atoms with Crippen LogP contribution in [0, 0.1) is 0 Å². The number of ether oxygens (including phenoxy) is 1. The molecule has 0 aromatic heterocycles. The normalized spacial score (nSPS) is 17.1. The molecule has 4 nitrogen and oxygen atoms in total. The molecule has 0 saturated heterocycles. The molecule has 1 N–H and O–H groups in total. The molecule has 8 heteroatoms. The van der Waals surface area contributed by atoms with Gasteiger partial charge in [0.25, 0.3) is 0 Å². The predicted octanol–water partition coefficient (Wildman–Crippen LogP) is 9.92. The summed E-state index contributed by atoms with van der Waals surface area (Å²) in [6.07, 6.45) is 0.432. The van der Waals surface area contributed by atoms with E-state index < -0.39 is 12.0 Å². The smallest absolute Gasteiger partial charge is 0.338 e. The monoisotopic (exact) mass is 610 g/mol. The van der Waals surface area contributed by atoms with Crippen molar-refractivity contribution >= 4 is 63.7 Å². The van der Waals surface area contributed by atoms with Crippen LogP contribution >= 0.6 is 46.4 Å². The highest BCUT2D eigenvalue weighted by Gasteiger charge is 2.43. The number of para-hydroxylation sites is 2. The molecule has 1 heterocycles. The summed E-state index contributed by atoms with van der Waals surface area (Å²) in [5, 5.41) is 5.51. The van der Waals surface area contributed by atoms with Gasteiger partial charge in [0.2, 0.25) is 0 Å². The Morgan fingerprint density at radius 3 is 1.98 bits per heavy atom. The lowest BCUT2D eigenvalue weighted by atomic mass is 9.84. The summed E-state index contributed by atoms with van der Waals surface area (Å²) in [7, 11) is 0. The molecule has 0 radical (unpaired) electrons. The maximum atomic E-state index is 13.8. The standard InChI is InChI=1S/C32H26Cl4N2O2/c1-2-40-32(39)30-28(37-22-9-5-3-6-10-22)19-29(24-15-13-20(33)17-26(24)35)38(23-11-7-4-8-12-23)31(30)25-16-14-21(34)18-27(25)36/h3-18,29,31,37H,2,19H2,1H3. The number of rotatable bonds is 7. The van der Waals surface area contributed by atoms with Crippen molar-refractivity contribution in [3.8, 4) is 0 Å². The number of halogens is 4. The lowest BCUT2D eigenvalue weighted by Crippen LogP contribution is -2.42. The highest BCUT2D eigenvalue weighted by atomic mass is 35.5. The molecular formula is C32H26Cl4N2O2. The predicted molar refractivity (Wildman–Crippen MR) is 166 cm³/mol. The van der Waals surface area contributed by atoms with E-state index in [1.165, 1.54) is 0 Å². The number of anilines is 2. The van der Waals surface area contributed by atoms with Crippen molar-refractivity contribution in [2.24, 2.45) is 0 Å². The zero-order valence-corrected chi connectivity index (χ0v) is 24.6. The molecule has 1 aliphatic heterocycles. The van der Waals surface area contributed by atoms with Crippen LogP contribution in [0.3, 0.4) is 0 Å². The molecule has 204 valence electrons. The molecule has 1 aliphatic rings. The molecule has 0 amide bonds. The van der Waals surface area contributed by atoms with Crippen LogP contribution in [0.2, 0.25) is 20.1 Å². The van der Waals surface area contributed by atoms with Gasteiger partial charge in [0, 0.05) is 43.6 Å². The highest BCUT2D eigenvalue weighted by Crippen LogP contribution is 2.50. The quantitative estimate of drug-likeness (QED) is 0.211. The average Bonchev–Trinajstić information content (AvgIpc) is 2.94. The van der Waals surface area contributed by atoms with E-state index in [2.05, 4.69) is 10.2 Å². The number of carbonyl (C=O) groups excluding carboxylic acids is 1. The third-order valence-corrected chi connectivity index (χ3v) is 7.93. The van der Waals surface area contributed by atoms with Gasteiger partial charge in [0.15, 0.2) is 0 Å². The summed E-state index contributed by atoms with van der Waals surface area (Å²) in [6, 6.07) is 29.5. The summed E-state index contributed by atoms with van der Waals surface area (Å²) in [5.41, 5.74) is 4.47. The maximum Gasteiger partial charge on any atom is 0.338 e. The second kappa shape index (κ2) is 12.6. The van der Waals surface area contributed by atoms with E-state index in [0.717, 1.165) is 16.9 Å². The summed E-state index contributed by atoms with van der Waals surface area (Å²) in [5.74, 6) is -0.432. The Hall–Kier alpha value is -3.15. The number of esters is 1. The van der Waals surface area contributed by atoms with Crippen LogP contribution in [-0.4, -0.2) is 12.6 Å². The molecule has 2 unspecified atom stereocenters. The van der Waals surface area contributed by atoms with Crippen LogP contribution in [0.5, 0.6) is 0 Å². The fourth-order valence-electron chi connectivity index (χ4n) is 5.13. The molecule has 0 fully saturated rings. The van der Waals surface area contributed by atoms with E-state index in [1.54, 1.807) is 25.1 Å². The topological polar surface area (TPSA) is 41.6 Å². The third kappa shape index (κ3) is 5.96. The summed E-state index contributed by atoms with van der Waals surface area (Å²) in [6.45, 7) is 2.01. The van der Waals surface area contributed by atoms with Crippen molar-refractivity contribution < 1.29 is 9.53 Å². The molecule has 4 aromatic rings. The number of nitrogens with one attached hydrogen (secondary N) is 1. The Kier molecular flexibility index (Phi) is 8.92. The highest BCUT2D eigenvalue weighted by molar-refractivity contribution is 6.35. The van der Waals surface area contributed by atoms with Crippen molar-refractivity contribution in [1.29, 1.82) is 0 Å². The molecule has 0 saturated carbocycles. The summed E-state index contributed by atoms with van der Waals surface area (Å²) < 4.78 is 5.65. The molecule has 0 aliphatic carbocycles. The fraction of sp³-hybridized carbons (Fsp3) is 0.156. The minimum atomic E-state index is -0.636. The van der Waals surface area contributed by atoms with Gasteiger partial charge in [0.05, 0.1) is 24.3 Å². The summed E-state index contributed by atoms with van der Waals surface area (Å²) in [4.78, 5) is 16.0. The van der Waals surface area contributed by atoms with Gasteiger partial charge < -0.3 is 15.0 Å². The van der Waals surface area contributed by atoms with Crippen LogP contribution in [-0.2, 0) is 9.53 Å². The molecule has 4 aromatic carbocycles. The van der Waals surface area contributed by atoms with Gasteiger partial charge in [-0.25, -0.2) is 4.79 Å². The second-order valence-electron chi connectivity index (χ2n) is 9.30. The van der Waals surface area contributed by atoms with Crippen LogP contribution in [0.15, 0.2) is 108 Å². The van der Waals surface area contributed by atoms with Crippen molar-refractivity contribution in [2.45, 2.75) is 25.4 Å². The van der Waals surface area contributed by atoms with Crippen molar-refractivity contribution in [2.75, 3.05) is 16.8 Å². The van der Waals surface area contributed by atoms with Gasteiger partial charge in [-0.2, -0.15) is 0 Å². The van der Waals surface area contributed by atoms with E-state index in [9.17, 15) is 4.79 Å². The van der Waals surface area contributed by atoms with E-state index in [-0.39, 0.29) is 12.6 Å². The van der Waals surface area contributed by atoms with Gasteiger partial charge in [0.1, 0.15) is 0 Å². The zero-order valence-electron chi connectivity index (χ0n) is 21.6. The Balaban J connectivity index is 1.82. The van der Waals surface area contributed by atoms with Crippen LogP contribution in [0.25, 0.3) is 0 Å². The first-order chi connectivity index (χ1) is 19.4. The first kappa shape index (κ1) is 28.4. The lowest BCUT2D eigenvalue weighted by Gasteiger charge is -2.46. The molecular weight excluding hydrogens is 586 g/mol. The van der Waals surface area contributed by atoms with Crippen LogP contribution < -0.4 is 10.2 Å². The third-order valence-electron chi connectivity index (χ3n) is 6.81. The lowest BCUT2D eigenvalue weighted by molar-refractivity contribution is -0.139. The van der Waals surface area contributed by atoms with E-state index in [0.29, 0.717) is 43.3 Å². The number of nitrogens with zero attached hydrogens (tertiary/aromatic N) is 1. The average molecular weight is 612 g/mol. The Morgan fingerprint density at radius 2 is 1.40 bits per heavy atom. The van der Waals surface area contributed by atoms with E-state index in [4.69, 9.17) is 51.1 Å². The first-order valence-electron chi connectivity index (χ1n) is 12.8. The Morgan fingerprint density at radius 1 is 0.825 bits per heavy atom. The van der Waals surface area contributed by atoms with Crippen molar-refractivity contribution in [3.63, 3.8) is 0 Å². The number of carbonyl (C=O) groups is 1. The maximum absolute atomic E-state index is 13.8. The van der Waals surface area contributed by atoms with Gasteiger partial charge in [-0.15, -0.1) is 0 Å². The first-order valence-corrected chi connectivity index (χ1v) is 14.3. The molecule has 0 bridgehead atoms. The van der Waals surface area contributed by atoms with Gasteiger partial charge in [-0.3, -0.25) is 0 Å². The fourth-order valence-corrected chi connectivity index (χ4v) is 6.18. The minimum Gasteiger partial charge on any atom is -0.463 e. The minimum absolute atomic E-state index is 0.222. The van der Waals surface area contributed by atoms with Crippen molar-refractivity contribution in [1.82, 2.24) is 0 Å². The molecule has 40 heavy (non-hydrogen) atoms. The zero-order chi connectivity index (χ0) is 28.2. The Labute approximate surface area is 254 Å². The second-order valence-corrected chi connectivity index (χ2v) is 11.0. The van der Waals surface area contributed by atoms with Crippen LogP contribution in [0.4, 0.5) is 11.4 Å². The molecule has 0 spiro atoms. The summed E-state index contributed by atoms with van der Waals surface area (Å²) >= 11 is 26.3. The van der Waals surface area contributed by atoms with E-state index >= 15 is 0 Å². The van der Waals surface area contributed by atoms with E-state index in [1.807, 2.05) is 78.9 Å². The number of hydrogen-bond acceptors (Lipinski definition) is 4. The van der Waals surface area contributed by atoms with Gasteiger partial charge in [-0.05, 0) is 66.6 Å². The Bertz CT molecular complexity index is 1540. The van der Waals surface area contributed by atoms with Crippen LogP contribution in [0.1, 0.15) is 36.6 Å². The number of hydrogen-bond donors (Lipinski definition) is 1. The van der Waals surface area contributed by atoms with Gasteiger partial charge in [-0.1, -0.05) is 94.9 Å². The number of benzene rings is 4.